The minimum Gasteiger partial charge on any atom is -0.477 e. The quantitative estimate of drug-likeness (QED) is 0.821. The lowest BCUT2D eigenvalue weighted by molar-refractivity contribution is 0.153. The summed E-state index contributed by atoms with van der Waals surface area (Å²) in [5, 5.41) is 0. The Labute approximate surface area is 124 Å². The lowest BCUT2D eigenvalue weighted by Crippen LogP contribution is -2.42. The summed E-state index contributed by atoms with van der Waals surface area (Å²) in [4.78, 5) is 24.1. The van der Waals surface area contributed by atoms with Gasteiger partial charge in [-0.2, -0.15) is 0 Å². The first-order chi connectivity index (χ1) is 10.2. The van der Waals surface area contributed by atoms with E-state index in [-0.39, 0.29) is 12.1 Å². The molecule has 0 bridgehead atoms. The molecule has 0 aromatic carbocycles. The standard InChI is InChI=1S/C14H22N4O3/c1-4-17(5-2)14(19)18-9-6-11(10-18)21-13-12(20-3)15-7-8-16-13/h7-8,11H,4-6,9-10H2,1-3H3. The minimum atomic E-state index is -0.0740. The molecule has 0 spiro atoms. The highest BCUT2D eigenvalue weighted by molar-refractivity contribution is 5.74. The van der Waals surface area contributed by atoms with Crippen LogP contribution in [0.4, 0.5) is 4.79 Å². The average molecular weight is 294 g/mol. The van der Waals surface area contributed by atoms with Gasteiger partial charge in [-0.1, -0.05) is 0 Å². The van der Waals surface area contributed by atoms with Crippen LogP contribution < -0.4 is 9.47 Å². The summed E-state index contributed by atoms with van der Waals surface area (Å²) in [7, 11) is 1.53. The van der Waals surface area contributed by atoms with Crippen molar-refractivity contribution in [2.45, 2.75) is 26.4 Å². The van der Waals surface area contributed by atoms with Crippen molar-refractivity contribution in [2.75, 3.05) is 33.3 Å². The van der Waals surface area contributed by atoms with Crippen LogP contribution in [-0.4, -0.2) is 65.2 Å². The summed E-state index contributed by atoms with van der Waals surface area (Å²) >= 11 is 0. The van der Waals surface area contributed by atoms with Gasteiger partial charge in [0.15, 0.2) is 0 Å². The summed E-state index contributed by atoms with van der Waals surface area (Å²) in [6.45, 7) is 6.66. The Hall–Kier alpha value is -2.05. The van der Waals surface area contributed by atoms with Gasteiger partial charge in [0.1, 0.15) is 6.10 Å². The van der Waals surface area contributed by atoms with Gasteiger partial charge < -0.3 is 19.3 Å². The van der Waals surface area contributed by atoms with Gasteiger partial charge in [0.25, 0.3) is 11.8 Å². The summed E-state index contributed by atoms with van der Waals surface area (Å²) in [6.07, 6.45) is 3.82. The number of amides is 2. The normalized spacial score (nSPS) is 17.7. The fraction of sp³-hybridized carbons (Fsp3) is 0.643. The summed E-state index contributed by atoms with van der Waals surface area (Å²) < 4.78 is 10.9. The summed E-state index contributed by atoms with van der Waals surface area (Å²) in [5.74, 6) is 0.744. The Morgan fingerprint density at radius 3 is 2.62 bits per heavy atom. The molecule has 21 heavy (non-hydrogen) atoms. The molecule has 2 heterocycles. The van der Waals surface area contributed by atoms with Crippen molar-refractivity contribution in [1.29, 1.82) is 0 Å². The van der Waals surface area contributed by atoms with Crippen LogP contribution in [-0.2, 0) is 0 Å². The van der Waals surface area contributed by atoms with Crippen LogP contribution in [0.25, 0.3) is 0 Å². The lowest BCUT2D eigenvalue weighted by Gasteiger charge is -2.25. The van der Waals surface area contributed by atoms with Gasteiger partial charge in [0, 0.05) is 38.4 Å². The molecular formula is C14H22N4O3. The molecule has 1 aliphatic rings. The number of ether oxygens (including phenoxy) is 2. The van der Waals surface area contributed by atoms with E-state index >= 15 is 0 Å². The molecule has 0 aliphatic carbocycles. The van der Waals surface area contributed by atoms with Crippen LogP contribution in [0.5, 0.6) is 11.8 Å². The zero-order valence-electron chi connectivity index (χ0n) is 12.8. The molecule has 1 fully saturated rings. The molecule has 1 atom stereocenters. The van der Waals surface area contributed by atoms with Gasteiger partial charge in [0.05, 0.1) is 13.7 Å². The van der Waals surface area contributed by atoms with Gasteiger partial charge in [-0.3, -0.25) is 0 Å². The van der Waals surface area contributed by atoms with Gasteiger partial charge in [-0.05, 0) is 13.8 Å². The number of carbonyl (C=O) groups is 1. The van der Waals surface area contributed by atoms with E-state index in [0.717, 1.165) is 19.5 Å². The maximum absolute atomic E-state index is 12.3. The van der Waals surface area contributed by atoms with E-state index in [1.807, 2.05) is 23.6 Å². The van der Waals surface area contributed by atoms with Crippen molar-refractivity contribution in [3.63, 3.8) is 0 Å². The zero-order valence-corrected chi connectivity index (χ0v) is 12.8. The second-order valence-electron chi connectivity index (χ2n) is 4.80. The molecule has 1 saturated heterocycles. The van der Waals surface area contributed by atoms with Gasteiger partial charge in [-0.15, -0.1) is 0 Å². The Bertz CT molecular complexity index is 479. The maximum Gasteiger partial charge on any atom is 0.320 e. The third kappa shape index (κ3) is 3.53. The predicted molar refractivity (Wildman–Crippen MR) is 77.5 cm³/mol. The number of aromatic nitrogens is 2. The number of methoxy groups -OCH3 is 1. The Morgan fingerprint density at radius 2 is 2.00 bits per heavy atom. The summed E-state index contributed by atoms with van der Waals surface area (Å²) in [5.41, 5.74) is 0. The smallest absolute Gasteiger partial charge is 0.320 e. The van der Waals surface area contributed by atoms with E-state index in [2.05, 4.69) is 9.97 Å². The number of hydrogen-bond donors (Lipinski definition) is 0. The largest absolute Gasteiger partial charge is 0.477 e. The third-order valence-electron chi connectivity index (χ3n) is 3.55. The van der Waals surface area contributed by atoms with Crippen LogP contribution in [0, 0.1) is 0 Å². The van der Waals surface area contributed by atoms with Crippen molar-refractivity contribution in [3.8, 4) is 11.8 Å². The van der Waals surface area contributed by atoms with E-state index in [4.69, 9.17) is 9.47 Å². The van der Waals surface area contributed by atoms with Crippen LogP contribution in [0.15, 0.2) is 12.4 Å². The number of nitrogens with zero attached hydrogens (tertiary/aromatic N) is 4. The molecule has 1 aliphatic heterocycles. The first kappa shape index (κ1) is 15.3. The monoisotopic (exact) mass is 294 g/mol. The molecule has 1 aromatic rings. The molecule has 7 nitrogen and oxygen atoms in total. The fourth-order valence-corrected chi connectivity index (χ4v) is 2.38. The molecular weight excluding hydrogens is 272 g/mol. The van der Waals surface area contributed by atoms with Crippen molar-refractivity contribution >= 4 is 6.03 Å². The van der Waals surface area contributed by atoms with Gasteiger partial charge in [0.2, 0.25) is 0 Å². The lowest BCUT2D eigenvalue weighted by atomic mass is 10.3. The Morgan fingerprint density at radius 1 is 1.33 bits per heavy atom. The van der Waals surface area contributed by atoms with E-state index in [1.165, 1.54) is 7.11 Å². The number of likely N-dealkylation sites (tertiary alicyclic amines) is 1. The third-order valence-corrected chi connectivity index (χ3v) is 3.55. The molecule has 1 unspecified atom stereocenters. The molecule has 0 saturated carbocycles. The topological polar surface area (TPSA) is 67.8 Å². The number of carbonyl (C=O) groups excluding carboxylic acids is 1. The Balaban J connectivity index is 1.95. The van der Waals surface area contributed by atoms with Gasteiger partial charge in [-0.25, -0.2) is 14.8 Å². The zero-order chi connectivity index (χ0) is 15.2. The van der Waals surface area contributed by atoms with E-state index in [9.17, 15) is 4.79 Å². The second kappa shape index (κ2) is 7.10. The van der Waals surface area contributed by atoms with Crippen LogP contribution in [0.3, 0.4) is 0 Å². The van der Waals surface area contributed by atoms with E-state index < -0.39 is 0 Å². The maximum atomic E-state index is 12.3. The van der Waals surface area contributed by atoms with Crippen LogP contribution in [0.1, 0.15) is 20.3 Å². The first-order valence-corrected chi connectivity index (χ1v) is 7.25. The molecule has 1 aromatic heterocycles. The Kier molecular flexibility index (Phi) is 5.19. The highest BCUT2D eigenvalue weighted by Gasteiger charge is 2.30. The van der Waals surface area contributed by atoms with Gasteiger partial charge >= 0.3 is 6.03 Å². The minimum absolute atomic E-state index is 0.0669. The van der Waals surface area contributed by atoms with Crippen molar-refractivity contribution in [3.05, 3.63) is 12.4 Å². The SMILES string of the molecule is CCN(CC)C(=O)N1CCC(Oc2nccnc2OC)C1. The fourth-order valence-electron chi connectivity index (χ4n) is 2.38. The molecule has 2 amide bonds. The van der Waals surface area contributed by atoms with Crippen molar-refractivity contribution in [2.24, 2.45) is 0 Å². The number of hydrogen-bond acceptors (Lipinski definition) is 5. The van der Waals surface area contributed by atoms with Crippen LogP contribution in [0.2, 0.25) is 0 Å². The highest BCUT2D eigenvalue weighted by atomic mass is 16.5. The highest BCUT2D eigenvalue weighted by Crippen LogP contribution is 2.24. The number of urea groups is 1. The van der Waals surface area contributed by atoms with Crippen molar-refractivity contribution in [1.82, 2.24) is 19.8 Å². The first-order valence-electron chi connectivity index (χ1n) is 7.25. The molecule has 116 valence electrons. The summed E-state index contributed by atoms with van der Waals surface area (Å²) in [6, 6.07) is 0.0669. The van der Waals surface area contributed by atoms with Crippen LogP contribution >= 0.6 is 0 Å². The van der Waals surface area contributed by atoms with E-state index in [0.29, 0.717) is 24.8 Å². The molecule has 0 radical (unpaired) electrons. The molecule has 2 rings (SSSR count). The predicted octanol–water partition coefficient (Wildman–Crippen LogP) is 1.40. The molecule has 0 N–H and O–H groups in total. The second-order valence-corrected chi connectivity index (χ2v) is 4.80. The van der Waals surface area contributed by atoms with Crippen molar-refractivity contribution < 1.29 is 14.3 Å². The molecule has 7 heteroatoms. The average Bonchev–Trinajstić information content (AvgIpc) is 2.97. The number of rotatable bonds is 5. The van der Waals surface area contributed by atoms with E-state index in [1.54, 1.807) is 12.4 Å².